The minimum atomic E-state index is -3.11. The summed E-state index contributed by atoms with van der Waals surface area (Å²) < 4.78 is 23.7. The third kappa shape index (κ3) is 2.30. The molecule has 5 heteroatoms. The van der Waals surface area contributed by atoms with Crippen LogP contribution >= 0.6 is 0 Å². The van der Waals surface area contributed by atoms with E-state index in [-0.39, 0.29) is 18.1 Å². The molecule has 1 heterocycles. The van der Waals surface area contributed by atoms with Crippen LogP contribution in [0.1, 0.15) is 25.3 Å². The van der Waals surface area contributed by atoms with Gasteiger partial charge in [0.25, 0.3) is 0 Å². The van der Waals surface area contributed by atoms with E-state index >= 15 is 0 Å². The van der Waals surface area contributed by atoms with Gasteiger partial charge in [-0.3, -0.25) is 0 Å². The zero-order chi connectivity index (χ0) is 14.1. The number of sulfone groups is 1. The van der Waals surface area contributed by atoms with Crippen molar-refractivity contribution in [1.82, 2.24) is 0 Å². The van der Waals surface area contributed by atoms with Gasteiger partial charge >= 0.3 is 0 Å². The Kier molecular flexibility index (Phi) is 3.73. The van der Waals surface area contributed by atoms with Crippen molar-refractivity contribution in [3.8, 4) is 0 Å². The molecular weight excluding hydrogens is 262 g/mol. The number of rotatable bonds is 4. The van der Waals surface area contributed by atoms with Crippen LogP contribution in [0.25, 0.3) is 0 Å². The van der Waals surface area contributed by atoms with Crippen molar-refractivity contribution >= 4 is 9.84 Å². The summed E-state index contributed by atoms with van der Waals surface area (Å²) >= 11 is 0. The summed E-state index contributed by atoms with van der Waals surface area (Å²) in [6.07, 6.45) is 0.870. The fourth-order valence-corrected chi connectivity index (χ4v) is 5.36. The molecule has 2 atom stereocenters. The molecule has 1 aromatic rings. The summed E-state index contributed by atoms with van der Waals surface area (Å²) in [5.74, 6) is 0.0785. The van der Waals surface area contributed by atoms with Gasteiger partial charge in [0.05, 0.1) is 17.1 Å². The second-order valence-corrected chi connectivity index (χ2v) is 7.59. The lowest BCUT2D eigenvalue weighted by Gasteiger charge is -2.43. The first-order valence-corrected chi connectivity index (χ1v) is 8.40. The average Bonchev–Trinajstić information content (AvgIpc) is 2.76. The Balaban J connectivity index is 2.51. The maximum atomic E-state index is 11.8. The van der Waals surface area contributed by atoms with Crippen LogP contribution in [0.4, 0.5) is 0 Å². The van der Waals surface area contributed by atoms with Crippen LogP contribution in [0.5, 0.6) is 0 Å². The van der Waals surface area contributed by atoms with Crippen LogP contribution in [-0.2, 0) is 15.4 Å². The monoisotopic (exact) mass is 283 g/mol. The van der Waals surface area contributed by atoms with Crippen molar-refractivity contribution < 1.29 is 13.5 Å². The Morgan fingerprint density at radius 3 is 2.42 bits per heavy atom. The highest BCUT2D eigenvalue weighted by Gasteiger charge is 2.55. The quantitative estimate of drug-likeness (QED) is 0.865. The second-order valence-electron chi connectivity index (χ2n) is 5.41. The fraction of sp³-hybridized carbons (Fsp3) is 0.571. The molecule has 0 amide bonds. The normalized spacial score (nSPS) is 29.0. The Morgan fingerprint density at radius 2 is 2.00 bits per heavy atom. The van der Waals surface area contributed by atoms with Gasteiger partial charge in [0.15, 0.2) is 9.84 Å². The van der Waals surface area contributed by atoms with Crippen molar-refractivity contribution in [3.63, 3.8) is 0 Å². The molecule has 1 aliphatic rings. The molecule has 3 N–H and O–H groups in total. The van der Waals surface area contributed by atoms with Crippen molar-refractivity contribution in [2.24, 2.45) is 11.1 Å². The van der Waals surface area contributed by atoms with Gasteiger partial charge < -0.3 is 10.8 Å². The van der Waals surface area contributed by atoms with Crippen LogP contribution in [0.2, 0.25) is 0 Å². The first kappa shape index (κ1) is 14.5. The Morgan fingerprint density at radius 1 is 1.37 bits per heavy atom. The Labute approximate surface area is 114 Å². The molecule has 1 fully saturated rings. The molecule has 1 aromatic carbocycles. The molecule has 0 aliphatic carbocycles. The first-order chi connectivity index (χ1) is 8.89. The third-order valence-corrected chi connectivity index (χ3v) is 6.24. The summed E-state index contributed by atoms with van der Waals surface area (Å²) in [4.78, 5) is 0. The van der Waals surface area contributed by atoms with Gasteiger partial charge in [0.2, 0.25) is 0 Å². The van der Waals surface area contributed by atoms with Crippen molar-refractivity contribution in [1.29, 1.82) is 0 Å². The van der Waals surface area contributed by atoms with E-state index in [1.54, 1.807) is 0 Å². The fourth-order valence-electron chi connectivity index (χ4n) is 3.17. The summed E-state index contributed by atoms with van der Waals surface area (Å²) in [6, 6.07) is 9.26. The molecule has 2 rings (SSSR count). The van der Waals surface area contributed by atoms with E-state index in [1.807, 2.05) is 37.3 Å². The van der Waals surface area contributed by atoms with Crippen LogP contribution in [0.15, 0.2) is 30.3 Å². The largest absolute Gasteiger partial charge is 0.385 e. The highest BCUT2D eigenvalue weighted by atomic mass is 32.2. The van der Waals surface area contributed by atoms with Crippen molar-refractivity contribution in [3.05, 3.63) is 35.9 Å². The highest BCUT2D eigenvalue weighted by Crippen LogP contribution is 2.48. The van der Waals surface area contributed by atoms with Crippen LogP contribution < -0.4 is 5.73 Å². The Hall–Kier alpha value is -0.910. The zero-order valence-corrected chi connectivity index (χ0v) is 12.0. The zero-order valence-electron chi connectivity index (χ0n) is 11.2. The minimum absolute atomic E-state index is 0.0320. The van der Waals surface area contributed by atoms with Gasteiger partial charge in [-0.15, -0.1) is 0 Å². The van der Waals surface area contributed by atoms with Gasteiger partial charge in [0, 0.05) is 12.0 Å². The maximum Gasteiger partial charge on any atom is 0.151 e. The van der Waals surface area contributed by atoms with E-state index in [0.717, 1.165) is 5.56 Å². The van der Waals surface area contributed by atoms with Crippen LogP contribution in [0.3, 0.4) is 0 Å². The van der Waals surface area contributed by atoms with Crippen molar-refractivity contribution in [2.45, 2.75) is 25.4 Å². The predicted octanol–water partition coefficient (Wildman–Crippen LogP) is 1.05. The van der Waals surface area contributed by atoms with E-state index in [0.29, 0.717) is 12.8 Å². The molecule has 4 nitrogen and oxygen atoms in total. The van der Waals surface area contributed by atoms with E-state index < -0.39 is 20.9 Å². The second kappa shape index (κ2) is 4.89. The summed E-state index contributed by atoms with van der Waals surface area (Å²) in [5.41, 5.74) is 4.65. The lowest BCUT2D eigenvalue weighted by atomic mass is 9.66. The molecule has 0 saturated carbocycles. The Bertz CT molecular complexity index is 543. The average molecular weight is 283 g/mol. The summed E-state index contributed by atoms with van der Waals surface area (Å²) in [5, 5.41) is 11.1. The summed E-state index contributed by atoms with van der Waals surface area (Å²) in [7, 11) is -3.11. The number of aliphatic hydroxyl groups is 1. The molecule has 0 spiro atoms. The van der Waals surface area contributed by atoms with Crippen LogP contribution in [-0.4, -0.2) is 31.6 Å². The molecule has 1 aliphatic heterocycles. The summed E-state index contributed by atoms with van der Waals surface area (Å²) in [6.45, 7) is 2.04. The molecule has 0 radical (unpaired) electrons. The molecule has 0 aromatic heterocycles. The predicted molar refractivity (Wildman–Crippen MR) is 75.4 cm³/mol. The first-order valence-electron chi connectivity index (χ1n) is 6.57. The molecular formula is C14H21NO3S. The third-order valence-electron chi connectivity index (χ3n) is 4.42. The van der Waals surface area contributed by atoms with Gasteiger partial charge in [-0.05, 0) is 18.4 Å². The lowest BCUT2D eigenvalue weighted by Crippen LogP contribution is -2.51. The number of hydrogen-bond donors (Lipinski definition) is 2. The lowest BCUT2D eigenvalue weighted by molar-refractivity contribution is -0.0779. The van der Waals surface area contributed by atoms with Gasteiger partial charge in [-0.25, -0.2) is 8.42 Å². The topological polar surface area (TPSA) is 80.4 Å². The van der Waals surface area contributed by atoms with Crippen LogP contribution in [0, 0.1) is 5.41 Å². The van der Waals surface area contributed by atoms with E-state index in [1.165, 1.54) is 0 Å². The molecule has 19 heavy (non-hydrogen) atoms. The highest BCUT2D eigenvalue weighted by molar-refractivity contribution is 7.91. The smallest absolute Gasteiger partial charge is 0.151 e. The van der Waals surface area contributed by atoms with Gasteiger partial charge in [-0.2, -0.15) is 0 Å². The maximum absolute atomic E-state index is 11.8. The number of nitrogens with two attached hydrogens (primary N) is 1. The van der Waals surface area contributed by atoms with Gasteiger partial charge in [-0.1, -0.05) is 37.3 Å². The number of benzene rings is 1. The molecule has 106 valence electrons. The number of hydrogen-bond acceptors (Lipinski definition) is 4. The molecule has 0 bridgehead atoms. The van der Waals surface area contributed by atoms with Crippen molar-refractivity contribution in [2.75, 3.05) is 18.1 Å². The standard InChI is InChI=1S/C14H21NO3S/c1-2-14(16,12-6-4-3-5-7-12)13(10-15)8-9-19(17,18)11-13/h3-7,16H,2,8-11,15H2,1H3. The van der Waals surface area contributed by atoms with E-state index in [9.17, 15) is 13.5 Å². The van der Waals surface area contributed by atoms with Gasteiger partial charge in [0.1, 0.15) is 0 Å². The minimum Gasteiger partial charge on any atom is -0.385 e. The van der Waals surface area contributed by atoms with E-state index in [2.05, 4.69) is 0 Å². The van der Waals surface area contributed by atoms with E-state index in [4.69, 9.17) is 5.73 Å². The molecule has 1 saturated heterocycles. The molecule has 2 unspecified atom stereocenters. The SMILES string of the molecule is CCC(O)(c1ccccc1)C1(CN)CCS(=O)(=O)C1.